The Morgan fingerprint density at radius 2 is 1.93 bits per heavy atom. The maximum absolute atomic E-state index is 12.1. The summed E-state index contributed by atoms with van der Waals surface area (Å²) in [5.74, 6) is -0.0995. The van der Waals surface area contributed by atoms with Gasteiger partial charge in [0.05, 0.1) is 24.2 Å². The standard InChI is InChI=1S/C24H24N4O2/c25-16-19-4-3-5-20(14-19)23(29)17-26-13-11-18-7-9-21(10-8-18)28-24(30)15-22-6-1-2-12-27-22/h1-10,12,14,23,26,29H,11,13,15,17H2,(H,28,30). The summed E-state index contributed by atoms with van der Waals surface area (Å²) in [6.45, 7) is 1.12. The van der Waals surface area contributed by atoms with Crippen LogP contribution >= 0.6 is 0 Å². The minimum absolute atomic E-state index is 0.0995. The number of aliphatic hydroxyl groups excluding tert-OH is 1. The predicted octanol–water partition coefficient (Wildman–Crippen LogP) is 3.00. The summed E-state index contributed by atoms with van der Waals surface area (Å²) in [6.07, 6.45) is 2.06. The van der Waals surface area contributed by atoms with Gasteiger partial charge in [0.2, 0.25) is 5.91 Å². The van der Waals surface area contributed by atoms with Gasteiger partial charge in [-0.3, -0.25) is 9.78 Å². The van der Waals surface area contributed by atoms with E-state index in [2.05, 4.69) is 21.7 Å². The molecule has 0 spiro atoms. The monoisotopic (exact) mass is 400 g/mol. The molecular weight excluding hydrogens is 376 g/mol. The van der Waals surface area contributed by atoms with E-state index in [0.29, 0.717) is 18.7 Å². The lowest BCUT2D eigenvalue weighted by Crippen LogP contribution is -2.23. The summed E-state index contributed by atoms with van der Waals surface area (Å²) in [5.41, 5.74) is 3.89. The van der Waals surface area contributed by atoms with Gasteiger partial charge in [0.1, 0.15) is 0 Å². The molecule has 1 heterocycles. The van der Waals surface area contributed by atoms with Gasteiger partial charge in [0.25, 0.3) is 0 Å². The Balaban J connectivity index is 1.40. The first-order chi connectivity index (χ1) is 14.6. The molecule has 6 nitrogen and oxygen atoms in total. The van der Waals surface area contributed by atoms with Crippen LogP contribution in [0.3, 0.4) is 0 Å². The number of anilines is 1. The highest BCUT2D eigenvalue weighted by atomic mass is 16.3. The molecule has 0 saturated carbocycles. The van der Waals surface area contributed by atoms with Crippen molar-refractivity contribution in [2.45, 2.75) is 18.9 Å². The number of carbonyl (C=O) groups excluding carboxylic acids is 1. The number of hydrogen-bond acceptors (Lipinski definition) is 5. The zero-order valence-corrected chi connectivity index (χ0v) is 16.6. The van der Waals surface area contributed by atoms with E-state index in [1.165, 1.54) is 0 Å². The highest BCUT2D eigenvalue weighted by Crippen LogP contribution is 2.14. The van der Waals surface area contributed by atoms with Crippen molar-refractivity contribution in [3.8, 4) is 6.07 Å². The third kappa shape index (κ3) is 6.52. The van der Waals surface area contributed by atoms with Gasteiger partial charge in [-0.25, -0.2) is 0 Å². The average molecular weight is 400 g/mol. The van der Waals surface area contributed by atoms with Crippen molar-refractivity contribution < 1.29 is 9.90 Å². The van der Waals surface area contributed by atoms with Crippen molar-refractivity contribution in [2.75, 3.05) is 18.4 Å². The molecule has 3 rings (SSSR count). The Labute approximate surface area is 176 Å². The van der Waals surface area contributed by atoms with Crippen LogP contribution in [-0.2, 0) is 17.6 Å². The molecule has 1 aromatic heterocycles. The highest BCUT2D eigenvalue weighted by Gasteiger charge is 2.08. The van der Waals surface area contributed by atoms with Gasteiger partial charge in [-0.1, -0.05) is 30.3 Å². The smallest absolute Gasteiger partial charge is 0.230 e. The molecule has 3 aromatic rings. The van der Waals surface area contributed by atoms with Crippen LogP contribution in [0.4, 0.5) is 5.69 Å². The number of nitrogens with one attached hydrogen (secondary N) is 2. The lowest BCUT2D eigenvalue weighted by atomic mass is 10.1. The van der Waals surface area contributed by atoms with Crippen molar-refractivity contribution in [1.29, 1.82) is 5.26 Å². The second-order valence-corrected chi connectivity index (χ2v) is 6.95. The number of benzene rings is 2. The van der Waals surface area contributed by atoms with Crippen molar-refractivity contribution in [2.24, 2.45) is 0 Å². The number of aliphatic hydroxyl groups is 1. The Kier molecular flexibility index (Phi) is 7.67. The molecule has 0 saturated heterocycles. The first-order valence-electron chi connectivity index (χ1n) is 9.81. The molecule has 3 N–H and O–H groups in total. The summed E-state index contributed by atoms with van der Waals surface area (Å²) < 4.78 is 0. The van der Waals surface area contributed by atoms with Gasteiger partial charge < -0.3 is 15.7 Å². The fourth-order valence-corrected chi connectivity index (χ4v) is 3.03. The average Bonchev–Trinajstić information content (AvgIpc) is 2.78. The van der Waals surface area contributed by atoms with Gasteiger partial charge in [0.15, 0.2) is 0 Å². The van der Waals surface area contributed by atoms with E-state index >= 15 is 0 Å². The number of nitriles is 1. The Bertz CT molecular complexity index is 998. The normalized spacial score (nSPS) is 11.5. The minimum atomic E-state index is -0.657. The van der Waals surface area contributed by atoms with Gasteiger partial charge in [-0.15, -0.1) is 0 Å². The van der Waals surface area contributed by atoms with Gasteiger partial charge in [-0.05, 0) is 60.5 Å². The third-order valence-corrected chi connectivity index (χ3v) is 4.63. The molecule has 1 atom stereocenters. The lowest BCUT2D eigenvalue weighted by Gasteiger charge is -2.12. The molecule has 2 aromatic carbocycles. The molecule has 152 valence electrons. The maximum atomic E-state index is 12.1. The summed E-state index contributed by atoms with van der Waals surface area (Å²) in [5, 5.41) is 25.3. The molecule has 0 radical (unpaired) electrons. The molecule has 0 fully saturated rings. The fourth-order valence-electron chi connectivity index (χ4n) is 3.03. The topological polar surface area (TPSA) is 98.0 Å². The Morgan fingerprint density at radius 1 is 1.10 bits per heavy atom. The summed E-state index contributed by atoms with van der Waals surface area (Å²) in [4.78, 5) is 16.3. The molecule has 1 unspecified atom stereocenters. The minimum Gasteiger partial charge on any atom is -0.387 e. The first-order valence-corrected chi connectivity index (χ1v) is 9.81. The molecule has 6 heteroatoms. The summed E-state index contributed by atoms with van der Waals surface area (Å²) >= 11 is 0. The number of hydrogen-bond donors (Lipinski definition) is 3. The molecule has 0 aliphatic heterocycles. The lowest BCUT2D eigenvalue weighted by molar-refractivity contribution is -0.115. The van der Waals surface area contributed by atoms with Crippen LogP contribution in [0.5, 0.6) is 0 Å². The zero-order chi connectivity index (χ0) is 21.2. The fraction of sp³-hybridized carbons (Fsp3) is 0.208. The van der Waals surface area contributed by atoms with Crippen molar-refractivity contribution in [1.82, 2.24) is 10.3 Å². The highest BCUT2D eigenvalue weighted by molar-refractivity contribution is 5.92. The SMILES string of the molecule is N#Cc1cccc(C(O)CNCCc2ccc(NC(=O)Cc3ccccn3)cc2)c1. The zero-order valence-electron chi connectivity index (χ0n) is 16.6. The van der Waals surface area contributed by atoms with Gasteiger partial charge >= 0.3 is 0 Å². The van der Waals surface area contributed by atoms with E-state index in [-0.39, 0.29) is 12.3 Å². The van der Waals surface area contributed by atoms with Gasteiger partial charge in [-0.2, -0.15) is 5.26 Å². The molecular formula is C24H24N4O2. The Morgan fingerprint density at radius 3 is 2.67 bits per heavy atom. The van der Waals surface area contributed by atoms with E-state index in [4.69, 9.17) is 5.26 Å². The van der Waals surface area contributed by atoms with E-state index in [1.807, 2.05) is 48.5 Å². The number of nitrogens with zero attached hydrogens (tertiary/aromatic N) is 2. The van der Waals surface area contributed by atoms with E-state index in [1.54, 1.807) is 24.4 Å². The number of rotatable bonds is 9. The van der Waals surface area contributed by atoms with Gasteiger partial charge in [0, 0.05) is 24.1 Å². The van der Waals surface area contributed by atoms with E-state index in [9.17, 15) is 9.90 Å². The van der Waals surface area contributed by atoms with Crippen molar-refractivity contribution in [3.63, 3.8) is 0 Å². The summed E-state index contributed by atoms with van der Waals surface area (Å²) in [7, 11) is 0. The van der Waals surface area contributed by atoms with Crippen LogP contribution in [0.2, 0.25) is 0 Å². The van der Waals surface area contributed by atoms with E-state index < -0.39 is 6.10 Å². The van der Waals surface area contributed by atoms with Crippen LogP contribution in [-0.4, -0.2) is 29.1 Å². The first kappa shape index (κ1) is 21.2. The summed E-state index contributed by atoms with van der Waals surface area (Å²) in [6, 6.07) is 22.3. The second-order valence-electron chi connectivity index (χ2n) is 6.95. The van der Waals surface area contributed by atoms with Crippen LogP contribution in [0.1, 0.15) is 28.5 Å². The molecule has 1 amide bonds. The largest absolute Gasteiger partial charge is 0.387 e. The molecule has 0 aliphatic carbocycles. The van der Waals surface area contributed by atoms with Crippen LogP contribution in [0.25, 0.3) is 0 Å². The molecule has 0 bridgehead atoms. The third-order valence-electron chi connectivity index (χ3n) is 4.63. The van der Waals surface area contributed by atoms with Crippen LogP contribution in [0, 0.1) is 11.3 Å². The number of carbonyl (C=O) groups is 1. The predicted molar refractivity (Wildman–Crippen MR) is 116 cm³/mol. The quantitative estimate of drug-likeness (QED) is 0.480. The molecule has 30 heavy (non-hydrogen) atoms. The number of aromatic nitrogens is 1. The Hall–Kier alpha value is -3.53. The van der Waals surface area contributed by atoms with E-state index in [0.717, 1.165) is 28.9 Å². The van der Waals surface area contributed by atoms with Crippen LogP contribution in [0.15, 0.2) is 72.9 Å². The number of pyridine rings is 1. The second kappa shape index (κ2) is 10.9. The molecule has 0 aliphatic rings. The maximum Gasteiger partial charge on any atom is 0.230 e. The van der Waals surface area contributed by atoms with Crippen molar-refractivity contribution >= 4 is 11.6 Å². The van der Waals surface area contributed by atoms with Crippen molar-refractivity contribution in [3.05, 3.63) is 95.3 Å². The number of amides is 1. The van der Waals surface area contributed by atoms with Crippen LogP contribution < -0.4 is 10.6 Å².